The molecule has 1 saturated heterocycles. The quantitative estimate of drug-likeness (QED) is 0.541. The Morgan fingerprint density at radius 3 is 2.57 bits per heavy atom. The van der Waals surface area contributed by atoms with Crippen LogP contribution in [0.3, 0.4) is 0 Å². The number of alkyl halides is 3. The molecule has 0 aliphatic carbocycles. The summed E-state index contributed by atoms with van der Waals surface area (Å²) in [6.07, 6.45) is -3.07. The summed E-state index contributed by atoms with van der Waals surface area (Å²) >= 11 is 1.63. The number of aliphatic imine (C=N–C) groups is 1. The second kappa shape index (κ2) is 9.34. The first kappa shape index (κ1) is 22.6. The minimum absolute atomic E-state index is 0.450. The highest BCUT2D eigenvalue weighted by atomic mass is 32.1. The molecule has 164 valence electrons. The fourth-order valence-corrected chi connectivity index (χ4v) is 4.61. The number of benzene rings is 1. The number of hydrogen-bond acceptors (Lipinski definition) is 4. The number of ether oxygens (including phenoxy) is 1. The Labute approximate surface area is 178 Å². The second-order valence-electron chi connectivity index (χ2n) is 7.49. The van der Waals surface area contributed by atoms with Crippen LogP contribution >= 0.6 is 11.3 Å². The summed E-state index contributed by atoms with van der Waals surface area (Å²) in [6.45, 7) is 6.04. The Bertz CT molecular complexity index is 889. The lowest BCUT2D eigenvalue weighted by atomic mass is 9.73. The summed E-state index contributed by atoms with van der Waals surface area (Å²) in [5.74, 6) is 0.610. The molecule has 0 radical (unpaired) electrons. The average molecular weight is 441 g/mol. The van der Waals surface area contributed by atoms with E-state index in [1.165, 1.54) is 12.1 Å². The maximum Gasteiger partial charge on any atom is 0.416 e. The number of halogens is 3. The van der Waals surface area contributed by atoms with Gasteiger partial charge in [-0.3, -0.25) is 4.99 Å². The van der Waals surface area contributed by atoms with E-state index in [1.54, 1.807) is 24.5 Å². The molecule has 5 nitrogen and oxygen atoms in total. The van der Waals surface area contributed by atoms with E-state index < -0.39 is 17.2 Å². The van der Waals surface area contributed by atoms with Gasteiger partial charge >= 0.3 is 6.18 Å². The topological polar surface area (TPSA) is 58.5 Å². The molecule has 0 saturated carbocycles. The molecule has 3 rings (SSSR count). The van der Waals surface area contributed by atoms with Gasteiger partial charge < -0.3 is 15.4 Å². The first-order valence-corrected chi connectivity index (χ1v) is 10.7. The number of hydrogen-bond donors (Lipinski definition) is 2. The van der Waals surface area contributed by atoms with E-state index in [9.17, 15) is 13.2 Å². The van der Waals surface area contributed by atoms with Gasteiger partial charge in [0.2, 0.25) is 0 Å². The molecule has 0 unspecified atom stereocenters. The largest absolute Gasteiger partial charge is 0.416 e. The second-order valence-corrected chi connectivity index (χ2v) is 8.78. The Balaban J connectivity index is 1.74. The summed E-state index contributed by atoms with van der Waals surface area (Å²) in [5, 5.41) is 7.61. The lowest BCUT2D eigenvalue weighted by Crippen LogP contribution is -2.48. The highest BCUT2D eigenvalue weighted by molar-refractivity contribution is 7.11. The molecule has 1 aromatic carbocycles. The number of thiazole rings is 1. The van der Waals surface area contributed by atoms with Crippen molar-refractivity contribution in [1.82, 2.24) is 15.6 Å². The third kappa shape index (κ3) is 5.31. The molecule has 9 heteroatoms. The summed E-state index contributed by atoms with van der Waals surface area (Å²) in [5.41, 5.74) is 0.598. The van der Waals surface area contributed by atoms with Gasteiger partial charge in [-0.25, -0.2) is 4.98 Å². The number of nitrogens with one attached hydrogen (secondary N) is 2. The first-order valence-electron chi connectivity index (χ1n) is 9.86. The van der Waals surface area contributed by atoms with Gasteiger partial charge in [-0.05, 0) is 38.3 Å². The van der Waals surface area contributed by atoms with Crippen molar-refractivity contribution in [3.8, 4) is 0 Å². The van der Waals surface area contributed by atoms with Crippen molar-refractivity contribution in [2.24, 2.45) is 4.99 Å². The molecule has 1 fully saturated rings. The van der Waals surface area contributed by atoms with E-state index in [-0.39, 0.29) is 0 Å². The van der Waals surface area contributed by atoms with Crippen LogP contribution in [-0.2, 0) is 22.9 Å². The van der Waals surface area contributed by atoms with Crippen LogP contribution in [-0.4, -0.2) is 37.7 Å². The van der Waals surface area contributed by atoms with Gasteiger partial charge in [0, 0.05) is 37.1 Å². The third-order valence-corrected chi connectivity index (χ3v) is 6.56. The summed E-state index contributed by atoms with van der Waals surface area (Å²) in [4.78, 5) is 9.83. The van der Waals surface area contributed by atoms with Crippen molar-refractivity contribution >= 4 is 17.3 Å². The zero-order chi connectivity index (χ0) is 21.8. The van der Waals surface area contributed by atoms with Crippen molar-refractivity contribution in [3.05, 3.63) is 51.0 Å². The van der Waals surface area contributed by atoms with E-state index >= 15 is 0 Å². The van der Waals surface area contributed by atoms with Gasteiger partial charge in [0.15, 0.2) is 5.96 Å². The van der Waals surface area contributed by atoms with Gasteiger partial charge in [0.25, 0.3) is 0 Å². The predicted octanol–water partition coefficient (Wildman–Crippen LogP) is 4.19. The molecule has 30 heavy (non-hydrogen) atoms. The van der Waals surface area contributed by atoms with Crippen LogP contribution in [0.5, 0.6) is 0 Å². The van der Waals surface area contributed by atoms with Crippen molar-refractivity contribution in [2.75, 3.05) is 26.8 Å². The van der Waals surface area contributed by atoms with Crippen LogP contribution in [0.25, 0.3) is 0 Å². The van der Waals surface area contributed by atoms with Crippen LogP contribution in [0.15, 0.2) is 29.3 Å². The number of nitrogens with zero attached hydrogens (tertiary/aromatic N) is 2. The van der Waals surface area contributed by atoms with E-state index in [2.05, 4.69) is 20.6 Å². The lowest BCUT2D eigenvalue weighted by Gasteiger charge is -2.38. The highest BCUT2D eigenvalue weighted by Crippen LogP contribution is 2.37. The van der Waals surface area contributed by atoms with Crippen molar-refractivity contribution in [1.29, 1.82) is 0 Å². The molecule has 0 amide bonds. The van der Waals surface area contributed by atoms with E-state index in [1.807, 2.05) is 13.8 Å². The number of aromatic nitrogens is 1. The van der Waals surface area contributed by atoms with Gasteiger partial charge in [0.1, 0.15) is 0 Å². The summed E-state index contributed by atoms with van der Waals surface area (Å²) in [6, 6.07) is 5.65. The Morgan fingerprint density at radius 1 is 1.23 bits per heavy atom. The monoisotopic (exact) mass is 440 g/mol. The number of aryl methyl sites for hydroxylation is 2. The molecule has 1 aliphatic heterocycles. The van der Waals surface area contributed by atoms with Gasteiger partial charge in [-0.2, -0.15) is 13.2 Å². The standard InChI is InChI=1S/C21H27F3N4OS/c1-14-18(30-15(2)28-14)12-26-19(25-3)27-13-20(7-9-29-10-8-20)16-5-4-6-17(11-16)21(22,23)24/h4-6,11H,7-10,12-13H2,1-3H3,(H2,25,26,27). The van der Waals surface area contributed by atoms with E-state index in [0.717, 1.165) is 21.6 Å². The van der Waals surface area contributed by atoms with E-state index in [0.29, 0.717) is 50.7 Å². The van der Waals surface area contributed by atoms with Crippen LogP contribution in [0.4, 0.5) is 13.2 Å². The number of guanidine groups is 1. The Hall–Kier alpha value is -2.13. The average Bonchev–Trinajstić information content (AvgIpc) is 3.05. The van der Waals surface area contributed by atoms with E-state index in [4.69, 9.17) is 4.74 Å². The minimum Gasteiger partial charge on any atom is -0.381 e. The molecule has 1 aromatic heterocycles. The Kier molecular flexibility index (Phi) is 7.02. The van der Waals surface area contributed by atoms with Gasteiger partial charge in [-0.1, -0.05) is 18.2 Å². The molecular weight excluding hydrogens is 413 g/mol. The first-order chi connectivity index (χ1) is 14.2. The van der Waals surface area contributed by atoms with Crippen LogP contribution < -0.4 is 10.6 Å². The fraction of sp³-hybridized carbons (Fsp3) is 0.524. The smallest absolute Gasteiger partial charge is 0.381 e. The zero-order valence-electron chi connectivity index (χ0n) is 17.4. The molecule has 0 bridgehead atoms. The van der Waals surface area contributed by atoms with Crippen LogP contribution in [0.1, 0.15) is 39.5 Å². The Morgan fingerprint density at radius 2 is 1.97 bits per heavy atom. The zero-order valence-corrected chi connectivity index (χ0v) is 18.2. The maximum absolute atomic E-state index is 13.3. The molecular formula is C21H27F3N4OS. The van der Waals surface area contributed by atoms with Crippen LogP contribution in [0, 0.1) is 13.8 Å². The van der Waals surface area contributed by atoms with Crippen molar-refractivity contribution in [2.45, 2.75) is 44.8 Å². The van der Waals surface area contributed by atoms with Gasteiger partial charge in [0.05, 0.1) is 22.8 Å². The highest BCUT2D eigenvalue weighted by Gasteiger charge is 2.37. The summed E-state index contributed by atoms with van der Waals surface area (Å²) in [7, 11) is 1.68. The fourth-order valence-electron chi connectivity index (χ4n) is 3.73. The molecule has 1 aliphatic rings. The van der Waals surface area contributed by atoms with Crippen LogP contribution in [0.2, 0.25) is 0 Å². The normalized spacial score (nSPS) is 17.1. The minimum atomic E-state index is -4.36. The van der Waals surface area contributed by atoms with Gasteiger partial charge in [-0.15, -0.1) is 11.3 Å². The molecule has 2 N–H and O–H groups in total. The molecule has 2 aromatic rings. The number of rotatable bonds is 5. The molecule has 0 spiro atoms. The molecule has 2 heterocycles. The predicted molar refractivity (Wildman–Crippen MR) is 113 cm³/mol. The third-order valence-electron chi connectivity index (χ3n) is 5.49. The van der Waals surface area contributed by atoms with Crippen molar-refractivity contribution < 1.29 is 17.9 Å². The lowest BCUT2D eigenvalue weighted by molar-refractivity contribution is -0.137. The SMILES string of the molecule is CN=C(NCc1sc(C)nc1C)NCC1(c2cccc(C(F)(F)F)c2)CCOCC1. The maximum atomic E-state index is 13.3. The summed E-state index contributed by atoms with van der Waals surface area (Å²) < 4.78 is 45.2. The van der Waals surface area contributed by atoms with Crippen molar-refractivity contribution in [3.63, 3.8) is 0 Å². The molecule has 0 atom stereocenters.